The Hall–Kier alpha value is -3.31. The number of nitro groups is 1. The first-order valence-corrected chi connectivity index (χ1v) is 6.64. The van der Waals surface area contributed by atoms with E-state index in [-0.39, 0.29) is 16.4 Å². The van der Waals surface area contributed by atoms with E-state index >= 15 is 0 Å². The second kappa shape index (κ2) is 7.11. The highest BCUT2D eigenvalue weighted by molar-refractivity contribution is 6.33. The van der Waals surface area contributed by atoms with Gasteiger partial charge in [-0.2, -0.15) is 5.26 Å². The molecule has 0 saturated carbocycles. The van der Waals surface area contributed by atoms with Crippen LogP contribution in [0.3, 0.4) is 0 Å². The maximum absolute atomic E-state index is 11.8. The summed E-state index contributed by atoms with van der Waals surface area (Å²) in [4.78, 5) is 21.8. The van der Waals surface area contributed by atoms with Crippen LogP contribution >= 0.6 is 11.6 Å². The maximum atomic E-state index is 11.8. The van der Waals surface area contributed by atoms with Crippen molar-refractivity contribution in [1.29, 1.82) is 5.26 Å². The van der Waals surface area contributed by atoms with Gasteiger partial charge in [0.2, 0.25) is 0 Å². The monoisotopic (exact) mass is 331 g/mol. The lowest BCUT2D eigenvalue weighted by Crippen LogP contribution is -2.33. The average Bonchev–Trinajstić information content (AvgIpc) is 2.55. The van der Waals surface area contributed by atoms with E-state index in [0.717, 1.165) is 6.07 Å². The highest BCUT2D eigenvalue weighted by Gasteiger charge is 2.11. The molecule has 8 nitrogen and oxygen atoms in total. The molecule has 0 aromatic heterocycles. The van der Waals surface area contributed by atoms with E-state index in [0.29, 0.717) is 11.3 Å². The number of anilines is 2. The molecule has 0 bridgehead atoms. The molecule has 0 atom stereocenters. The number of hydrogen-bond acceptors (Lipinski definition) is 5. The van der Waals surface area contributed by atoms with E-state index in [2.05, 4.69) is 16.2 Å². The smallest absolute Gasteiger partial charge is 0.305 e. The molecular weight excluding hydrogens is 322 g/mol. The number of nitrogens with one attached hydrogen (secondary N) is 3. The molecule has 9 heteroatoms. The maximum Gasteiger partial charge on any atom is 0.337 e. The predicted octanol–water partition coefficient (Wildman–Crippen LogP) is 3.27. The Morgan fingerprint density at radius 1 is 1.26 bits per heavy atom. The number of carbonyl (C=O) groups is 1. The van der Waals surface area contributed by atoms with Crippen LogP contribution in [-0.2, 0) is 0 Å². The van der Waals surface area contributed by atoms with Crippen LogP contribution in [0.1, 0.15) is 5.56 Å². The van der Waals surface area contributed by atoms with E-state index in [1.54, 1.807) is 24.3 Å². The Morgan fingerprint density at radius 3 is 2.70 bits per heavy atom. The first-order chi connectivity index (χ1) is 11.0. The van der Waals surface area contributed by atoms with Crippen molar-refractivity contribution >= 4 is 34.7 Å². The number of urea groups is 1. The van der Waals surface area contributed by atoms with Crippen LogP contribution in [-0.4, -0.2) is 11.0 Å². The summed E-state index contributed by atoms with van der Waals surface area (Å²) >= 11 is 5.87. The summed E-state index contributed by atoms with van der Waals surface area (Å²) in [5.41, 5.74) is 6.00. The van der Waals surface area contributed by atoms with Gasteiger partial charge in [0.15, 0.2) is 0 Å². The van der Waals surface area contributed by atoms with Gasteiger partial charge in [-0.05, 0) is 24.3 Å². The van der Waals surface area contributed by atoms with Crippen molar-refractivity contribution in [2.24, 2.45) is 0 Å². The molecule has 2 rings (SSSR count). The number of hydrogen-bond donors (Lipinski definition) is 3. The zero-order chi connectivity index (χ0) is 16.8. The van der Waals surface area contributed by atoms with E-state index in [1.165, 1.54) is 12.1 Å². The number of non-ortho nitro benzene ring substituents is 1. The Balaban J connectivity index is 1.97. The fraction of sp³-hybridized carbons (Fsp3) is 0. The zero-order valence-corrected chi connectivity index (χ0v) is 12.3. The Bertz CT molecular complexity index is 803. The predicted molar refractivity (Wildman–Crippen MR) is 85.0 cm³/mol. The van der Waals surface area contributed by atoms with Gasteiger partial charge in [0, 0.05) is 12.1 Å². The highest BCUT2D eigenvalue weighted by Crippen LogP contribution is 2.26. The van der Waals surface area contributed by atoms with Crippen molar-refractivity contribution < 1.29 is 9.72 Å². The van der Waals surface area contributed by atoms with Gasteiger partial charge in [0.25, 0.3) is 5.69 Å². The SMILES string of the molecule is N#Cc1cccc(NNC(=O)Nc2ccc([N+](=O)[O-])cc2Cl)c1. The molecule has 2 amide bonds. The summed E-state index contributed by atoms with van der Waals surface area (Å²) in [5.74, 6) is 0. The number of hydrazine groups is 1. The van der Waals surface area contributed by atoms with Gasteiger partial charge < -0.3 is 5.32 Å². The average molecular weight is 332 g/mol. The molecule has 0 aliphatic heterocycles. The Kier molecular flexibility index (Phi) is 4.96. The molecule has 0 fully saturated rings. The van der Waals surface area contributed by atoms with E-state index in [1.807, 2.05) is 6.07 Å². The van der Waals surface area contributed by atoms with Crippen LogP contribution in [0.15, 0.2) is 42.5 Å². The molecule has 3 N–H and O–H groups in total. The summed E-state index contributed by atoms with van der Waals surface area (Å²) < 4.78 is 0. The number of carbonyl (C=O) groups excluding carboxylic acids is 1. The zero-order valence-electron chi connectivity index (χ0n) is 11.5. The fourth-order valence-electron chi connectivity index (χ4n) is 1.67. The number of nitro benzene ring substituents is 1. The molecule has 0 radical (unpaired) electrons. The van der Waals surface area contributed by atoms with Gasteiger partial charge in [0.05, 0.1) is 33.0 Å². The number of halogens is 1. The summed E-state index contributed by atoms with van der Waals surface area (Å²) in [6.07, 6.45) is 0. The van der Waals surface area contributed by atoms with E-state index in [9.17, 15) is 14.9 Å². The number of amides is 2. The van der Waals surface area contributed by atoms with Crippen molar-refractivity contribution in [3.05, 3.63) is 63.2 Å². The van der Waals surface area contributed by atoms with E-state index < -0.39 is 11.0 Å². The fourth-order valence-corrected chi connectivity index (χ4v) is 1.89. The van der Waals surface area contributed by atoms with Gasteiger partial charge in [-0.25, -0.2) is 4.79 Å². The third-order valence-corrected chi connectivity index (χ3v) is 3.04. The Morgan fingerprint density at radius 2 is 2.04 bits per heavy atom. The van der Waals surface area contributed by atoms with Crippen LogP contribution in [0.25, 0.3) is 0 Å². The minimum atomic E-state index is -0.622. The summed E-state index contributed by atoms with van der Waals surface area (Å²) in [5, 5.41) is 21.9. The van der Waals surface area contributed by atoms with Crippen molar-refractivity contribution in [2.75, 3.05) is 10.7 Å². The van der Waals surface area contributed by atoms with Crippen molar-refractivity contribution in [2.45, 2.75) is 0 Å². The topological polar surface area (TPSA) is 120 Å². The third-order valence-electron chi connectivity index (χ3n) is 2.72. The lowest BCUT2D eigenvalue weighted by atomic mass is 10.2. The molecule has 23 heavy (non-hydrogen) atoms. The van der Waals surface area contributed by atoms with Crippen molar-refractivity contribution in [3.63, 3.8) is 0 Å². The molecule has 116 valence electrons. The van der Waals surface area contributed by atoms with Crippen molar-refractivity contribution in [3.8, 4) is 6.07 Å². The molecule has 0 spiro atoms. The molecular formula is C14H10ClN5O3. The largest absolute Gasteiger partial charge is 0.337 e. The summed E-state index contributed by atoms with van der Waals surface area (Å²) in [6, 6.07) is 11.6. The molecule has 2 aromatic rings. The van der Waals surface area contributed by atoms with Crippen LogP contribution in [0.2, 0.25) is 5.02 Å². The number of nitriles is 1. The summed E-state index contributed by atoms with van der Waals surface area (Å²) in [7, 11) is 0. The molecule has 2 aromatic carbocycles. The quantitative estimate of drug-likeness (QED) is 0.586. The van der Waals surface area contributed by atoms with Gasteiger partial charge in [-0.3, -0.25) is 21.0 Å². The molecule has 0 saturated heterocycles. The minimum Gasteiger partial charge on any atom is -0.305 e. The van der Waals surface area contributed by atoms with Gasteiger partial charge in [-0.1, -0.05) is 17.7 Å². The van der Waals surface area contributed by atoms with E-state index in [4.69, 9.17) is 16.9 Å². The normalized spacial score (nSPS) is 9.57. The first-order valence-electron chi connectivity index (χ1n) is 6.26. The molecule has 0 aliphatic carbocycles. The van der Waals surface area contributed by atoms with Crippen LogP contribution in [0, 0.1) is 21.4 Å². The minimum absolute atomic E-state index is 0.0424. The first kappa shape index (κ1) is 16.1. The second-order valence-electron chi connectivity index (χ2n) is 4.32. The van der Waals surface area contributed by atoms with Gasteiger partial charge >= 0.3 is 6.03 Å². The van der Waals surface area contributed by atoms with Crippen LogP contribution < -0.4 is 16.2 Å². The molecule has 0 heterocycles. The standard InChI is InChI=1S/C14H10ClN5O3/c15-12-7-11(20(22)23)4-5-13(12)17-14(21)19-18-10-3-1-2-9(6-10)8-16/h1-7,18H,(H2,17,19,21). The lowest BCUT2D eigenvalue weighted by molar-refractivity contribution is -0.384. The third kappa shape index (κ3) is 4.33. The molecule has 0 unspecified atom stereocenters. The highest BCUT2D eigenvalue weighted by atomic mass is 35.5. The Labute approximate surface area is 135 Å². The summed E-state index contributed by atoms with van der Waals surface area (Å²) in [6.45, 7) is 0. The van der Waals surface area contributed by atoms with Gasteiger partial charge in [0.1, 0.15) is 0 Å². The van der Waals surface area contributed by atoms with Crippen LogP contribution in [0.4, 0.5) is 21.9 Å². The number of nitrogens with zero attached hydrogens (tertiary/aromatic N) is 2. The van der Waals surface area contributed by atoms with Gasteiger partial charge in [-0.15, -0.1) is 0 Å². The lowest BCUT2D eigenvalue weighted by Gasteiger charge is -2.11. The van der Waals surface area contributed by atoms with Crippen molar-refractivity contribution in [1.82, 2.24) is 5.43 Å². The second-order valence-corrected chi connectivity index (χ2v) is 4.73. The van der Waals surface area contributed by atoms with Crippen LogP contribution in [0.5, 0.6) is 0 Å². The number of benzene rings is 2. The number of rotatable bonds is 4. The molecule has 0 aliphatic rings.